The minimum absolute atomic E-state index is 0.176. The summed E-state index contributed by atoms with van der Waals surface area (Å²) in [4.78, 5) is 18.5. The van der Waals surface area contributed by atoms with Gasteiger partial charge in [0.2, 0.25) is 5.88 Å². The second kappa shape index (κ2) is 6.32. The van der Waals surface area contributed by atoms with Crippen LogP contribution < -0.4 is 14.2 Å². The van der Waals surface area contributed by atoms with E-state index in [1.807, 2.05) is 24.3 Å². The van der Waals surface area contributed by atoms with Gasteiger partial charge >= 0.3 is 5.97 Å². The molecule has 4 aliphatic rings. The molecule has 2 aromatic rings. The number of rotatable bonds is 3. The van der Waals surface area contributed by atoms with E-state index in [9.17, 15) is 4.79 Å². The average Bonchev–Trinajstić information content (AvgIpc) is 3.09. The maximum atomic E-state index is 11.7. The van der Waals surface area contributed by atoms with E-state index in [1.165, 1.54) is 18.1 Å². The van der Waals surface area contributed by atoms with E-state index in [1.54, 1.807) is 6.20 Å². The smallest absolute Gasteiger partial charge is 0.308 e. The molecule has 1 fully saturated rings. The molecule has 2 aliphatic heterocycles. The molecular weight excluding hydrogens is 380 g/mol. The number of hydrogen-bond donors (Lipinski definition) is 0. The first-order valence-corrected chi connectivity index (χ1v) is 10.6. The molecule has 0 amide bonds. The van der Waals surface area contributed by atoms with Gasteiger partial charge in [-0.15, -0.1) is 0 Å². The summed E-state index contributed by atoms with van der Waals surface area (Å²) in [6.45, 7) is 2.43. The molecule has 154 valence electrons. The number of carbonyl (C=O) groups is 1. The molecule has 2 unspecified atom stereocenters. The van der Waals surface area contributed by atoms with Gasteiger partial charge < -0.3 is 19.1 Å². The number of carbonyl (C=O) groups excluding carboxylic acids is 1. The number of ether oxygens (including phenoxy) is 3. The van der Waals surface area contributed by atoms with E-state index in [0.717, 1.165) is 25.1 Å². The molecule has 1 aromatic heterocycles. The van der Waals surface area contributed by atoms with Crippen LogP contribution in [-0.4, -0.2) is 47.7 Å². The van der Waals surface area contributed by atoms with Crippen LogP contribution in [0.3, 0.4) is 0 Å². The maximum absolute atomic E-state index is 11.7. The van der Waals surface area contributed by atoms with Crippen molar-refractivity contribution in [3.8, 4) is 17.4 Å². The zero-order chi connectivity index (χ0) is 20.5. The van der Waals surface area contributed by atoms with Gasteiger partial charge in [-0.2, -0.15) is 0 Å². The van der Waals surface area contributed by atoms with E-state index in [-0.39, 0.29) is 23.6 Å². The van der Waals surface area contributed by atoms with Crippen LogP contribution in [0, 0.1) is 5.92 Å². The molecule has 6 heteroatoms. The number of pyridine rings is 1. The molecule has 2 aliphatic carbocycles. The largest absolute Gasteiger partial charge is 0.481 e. The third-order valence-electron chi connectivity index (χ3n) is 7.26. The topological polar surface area (TPSA) is 60.9 Å². The quantitative estimate of drug-likeness (QED) is 0.445. The molecule has 30 heavy (non-hydrogen) atoms. The lowest BCUT2D eigenvalue weighted by Gasteiger charge is -2.56. The Kier molecular flexibility index (Phi) is 3.78. The van der Waals surface area contributed by atoms with Gasteiger partial charge in [0.15, 0.2) is 17.6 Å². The number of aromatic nitrogens is 1. The highest BCUT2D eigenvalue weighted by molar-refractivity contribution is 5.72. The first kappa shape index (κ1) is 18.0. The van der Waals surface area contributed by atoms with Crippen LogP contribution in [0.4, 0.5) is 0 Å². The van der Waals surface area contributed by atoms with Crippen molar-refractivity contribution >= 4 is 5.97 Å². The van der Waals surface area contributed by atoms with Crippen molar-refractivity contribution in [3.05, 3.63) is 59.8 Å². The van der Waals surface area contributed by atoms with Gasteiger partial charge in [0.05, 0.1) is 0 Å². The molecule has 0 radical (unpaired) electrons. The van der Waals surface area contributed by atoms with Crippen LogP contribution in [0.25, 0.3) is 0 Å². The molecule has 3 heterocycles. The number of esters is 1. The maximum Gasteiger partial charge on any atom is 0.308 e. The number of nitrogens with zero attached hydrogens (tertiary/aromatic N) is 2. The fourth-order valence-electron chi connectivity index (χ4n) is 6.10. The summed E-state index contributed by atoms with van der Waals surface area (Å²) in [6, 6.07) is 10.1. The number of piperidine rings is 1. The van der Waals surface area contributed by atoms with Crippen molar-refractivity contribution in [1.82, 2.24) is 9.88 Å². The van der Waals surface area contributed by atoms with Crippen molar-refractivity contribution in [3.63, 3.8) is 0 Å². The van der Waals surface area contributed by atoms with Crippen LogP contribution in [-0.2, 0) is 16.6 Å². The lowest BCUT2D eigenvalue weighted by atomic mass is 9.53. The summed E-state index contributed by atoms with van der Waals surface area (Å²) in [5, 5.41) is 0. The predicted molar refractivity (Wildman–Crippen MR) is 110 cm³/mol. The highest BCUT2D eigenvalue weighted by atomic mass is 16.6. The van der Waals surface area contributed by atoms with Gasteiger partial charge in [0, 0.05) is 42.1 Å². The first-order valence-electron chi connectivity index (χ1n) is 10.6. The zero-order valence-electron chi connectivity index (χ0n) is 17.1. The normalized spacial score (nSPS) is 32.9. The second-order valence-electron chi connectivity index (χ2n) is 8.76. The molecule has 0 saturated carbocycles. The van der Waals surface area contributed by atoms with Crippen molar-refractivity contribution in [1.29, 1.82) is 0 Å². The number of benzene rings is 1. The number of likely N-dealkylation sites (N-methyl/N-ethyl adjacent to an activating group) is 1. The molecule has 1 saturated heterocycles. The standard InChI is InChI=1S/C24H24N2O4/c1-14(27)28-18-8-6-15-13-17-16-7-9-19(29-20-5-3-4-11-25-20)23-24(16,10-12-26(17)2)21(15)22(18)30-23/h3-9,11,16-17,19,23H,10,12-13H2,1-2H3/t16-,17+,19?,23?,24-/m0/s1. The van der Waals surface area contributed by atoms with Crippen molar-refractivity contribution in [2.45, 2.75) is 43.4 Å². The lowest BCUT2D eigenvalue weighted by molar-refractivity contribution is -0.132. The van der Waals surface area contributed by atoms with Crippen molar-refractivity contribution in [2.24, 2.45) is 5.92 Å². The van der Waals surface area contributed by atoms with Crippen LogP contribution in [0.2, 0.25) is 0 Å². The summed E-state index contributed by atoms with van der Waals surface area (Å²) in [5.41, 5.74) is 2.34. The molecule has 0 N–H and O–H groups in total. The predicted octanol–water partition coefficient (Wildman–Crippen LogP) is 2.90. The molecule has 1 spiro atoms. The second-order valence-corrected chi connectivity index (χ2v) is 8.76. The average molecular weight is 404 g/mol. The molecule has 5 atom stereocenters. The Balaban J connectivity index is 1.50. The Morgan fingerprint density at radius 3 is 2.97 bits per heavy atom. The first-order chi connectivity index (χ1) is 14.6. The minimum Gasteiger partial charge on any atom is -0.481 e. The number of likely N-dealkylation sites (tertiary alicyclic amines) is 1. The Morgan fingerprint density at radius 2 is 2.17 bits per heavy atom. The Bertz CT molecular complexity index is 1050. The third-order valence-corrected chi connectivity index (χ3v) is 7.26. The van der Waals surface area contributed by atoms with Crippen LogP contribution >= 0.6 is 0 Å². The summed E-state index contributed by atoms with van der Waals surface area (Å²) >= 11 is 0. The van der Waals surface area contributed by atoms with Gasteiger partial charge in [-0.05, 0) is 50.2 Å². The Hall–Kier alpha value is -2.86. The van der Waals surface area contributed by atoms with E-state index < -0.39 is 0 Å². The summed E-state index contributed by atoms with van der Waals surface area (Å²) in [7, 11) is 2.21. The summed E-state index contributed by atoms with van der Waals surface area (Å²) in [5.74, 6) is 1.82. The van der Waals surface area contributed by atoms with Crippen molar-refractivity contribution in [2.75, 3.05) is 13.6 Å². The van der Waals surface area contributed by atoms with Crippen molar-refractivity contribution < 1.29 is 19.0 Å². The highest BCUT2D eigenvalue weighted by Gasteiger charge is 2.65. The Labute approximate surface area is 175 Å². The Morgan fingerprint density at radius 1 is 1.27 bits per heavy atom. The van der Waals surface area contributed by atoms with E-state index in [2.05, 4.69) is 35.1 Å². The molecule has 2 bridgehead atoms. The SMILES string of the molecule is CC(=O)Oc1ccc2c3c1OC1C(Oc4ccccn4)C=C[C@H]4[C@@H](C2)N(C)CC[C@]314. The highest BCUT2D eigenvalue weighted by Crippen LogP contribution is 2.62. The molecule has 1 aromatic carbocycles. The summed E-state index contributed by atoms with van der Waals surface area (Å²) < 4.78 is 18.5. The lowest BCUT2D eigenvalue weighted by Crippen LogP contribution is -2.65. The van der Waals surface area contributed by atoms with Crippen LogP contribution in [0.5, 0.6) is 17.4 Å². The van der Waals surface area contributed by atoms with E-state index in [0.29, 0.717) is 23.6 Å². The molecule has 6 rings (SSSR count). The monoisotopic (exact) mass is 404 g/mol. The molecule has 6 nitrogen and oxygen atoms in total. The molecular formula is C24H24N2O4. The van der Waals surface area contributed by atoms with Gasteiger partial charge in [-0.25, -0.2) is 4.98 Å². The fourth-order valence-corrected chi connectivity index (χ4v) is 6.10. The minimum atomic E-state index is -0.338. The van der Waals surface area contributed by atoms with E-state index >= 15 is 0 Å². The third kappa shape index (κ3) is 2.34. The summed E-state index contributed by atoms with van der Waals surface area (Å²) in [6.07, 6.45) is 7.70. The van der Waals surface area contributed by atoms with Gasteiger partial charge in [-0.1, -0.05) is 18.2 Å². The van der Waals surface area contributed by atoms with Gasteiger partial charge in [-0.3, -0.25) is 4.79 Å². The fraction of sp³-hybridized carbons (Fsp3) is 0.417. The van der Waals surface area contributed by atoms with Crippen LogP contribution in [0.1, 0.15) is 24.5 Å². The number of hydrogen-bond acceptors (Lipinski definition) is 6. The van der Waals surface area contributed by atoms with E-state index in [4.69, 9.17) is 14.2 Å². The zero-order valence-corrected chi connectivity index (χ0v) is 17.1. The van der Waals surface area contributed by atoms with Gasteiger partial charge in [0.25, 0.3) is 0 Å². The van der Waals surface area contributed by atoms with Gasteiger partial charge in [0.1, 0.15) is 6.10 Å². The van der Waals surface area contributed by atoms with Crippen LogP contribution in [0.15, 0.2) is 48.7 Å².